The van der Waals surface area contributed by atoms with Crippen molar-refractivity contribution in [2.75, 3.05) is 0 Å². The van der Waals surface area contributed by atoms with Crippen LogP contribution in [0.2, 0.25) is 0 Å². The van der Waals surface area contributed by atoms with Crippen LogP contribution in [-0.2, 0) is 6.54 Å². The Morgan fingerprint density at radius 1 is 1.00 bits per heavy atom. The number of hydrogen-bond acceptors (Lipinski definition) is 3. The Morgan fingerprint density at radius 3 is 2.54 bits per heavy atom. The number of carbonyl (C=O) groups is 1. The Labute approximate surface area is 163 Å². The van der Waals surface area contributed by atoms with Crippen LogP contribution < -0.4 is 0 Å². The number of fused-ring (bicyclic) bond motifs is 1. The topological polar surface area (TPSA) is 46.3 Å². The molecule has 4 nitrogen and oxygen atoms in total. The fraction of sp³-hybridized carbons (Fsp3) is 0.167. The van der Waals surface area contributed by atoms with Gasteiger partial charge in [-0.2, -0.15) is 0 Å². The number of benzene rings is 2. The van der Waals surface area contributed by atoms with Gasteiger partial charge < -0.3 is 9.32 Å². The zero-order chi connectivity index (χ0) is 18.9. The second kappa shape index (κ2) is 6.97. The molecule has 138 valence electrons. The first-order valence-corrected chi connectivity index (χ1v) is 9.58. The molecule has 0 bridgehead atoms. The Kier molecular flexibility index (Phi) is 4.17. The lowest BCUT2D eigenvalue weighted by atomic mass is 10.0. The molecule has 0 saturated heterocycles. The Hall–Kier alpha value is -3.40. The molecule has 2 heterocycles. The summed E-state index contributed by atoms with van der Waals surface area (Å²) < 4.78 is 5.50. The molecule has 0 N–H and O–H groups in total. The number of pyridine rings is 1. The summed E-state index contributed by atoms with van der Waals surface area (Å²) in [5, 5.41) is 0.886. The first-order valence-electron chi connectivity index (χ1n) is 9.58. The van der Waals surface area contributed by atoms with Gasteiger partial charge in [-0.25, -0.2) is 4.98 Å². The molecule has 0 unspecified atom stereocenters. The van der Waals surface area contributed by atoms with Crippen molar-refractivity contribution in [2.45, 2.75) is 25.4 Å². The van der Waals surface area contributed by atoms with Crippen molar-refractivity contribution in [1.82, 2.24) is 9.88 Å². The normalized spacial score (nSPS) is 13.6. The van der Waals surface area contributed by atoms with Crippen molar-refractivity contribution >= 4 is 16.8 Å². The van der Waals surface area contributed by atoms with E-state index in [1.807, 2.05) is 77.7 Å². The maximum atomic E-state index is 13.6. The van der Waals surface area contributed by atoms with Crippen molar-refractivity contribution < 1.29 is 9.21 Å². The maximum absolute atomic E-state index is 13.6. The average molecular weight is 368 g/mol. The molecular formula is C24H20N2O2. The number of rotatable bonds is 5. The number of hydrogen-bond donors (Lipinski definition) is 0. The lowest BCUT2D eigenvalue weighted by Gasteiger charge is -2.22. The van der Waals surface area contributed by atoms with Crippen LogP contribution in [0, 0.1) is 0 Å². The smallest absolute Gasteiger partial charge is 0.255 e. The number of amides is 1. The first-order chi connectivity index (χ1) is 13.8. The molecular weight excluding hydrogens is 348 g/mol. The Balaban J connectivity index is 1.61. The van der Waals surface area contributed by atoms with E-state index in [4.69, 9.17) is 9.40 Å². The van der Waals surface area contributed by atoms with Gasteiger partial charge in [-0.05, 0) is 37.1 Å². The van der Waals surface area contributed by atoms with Gasteiger partial charge in [0.25, 0.3) is 5.91 Å². The minimum atomic E-state index is 0.0367. The highest BCUT2D eigenvalue weighted by atomic mass is 16.3. The summed E-state index contributed by atoms with van der Waals surface area (Å²) in [5.41, 5.74) is 3.35. The zero-order valence-electron chi connectivity index (χ0n) is 15.4. The summed E-state index contributed by atoms with van der Waals surface area (Å²) in [4.78, 5) is 20.3. The zero-order valence-corrected chi connectivity index (χ0v) is 15.4. The molecule has 4 heteroatoms. The van der Waals surface area contributed by atoms with Gasteiger partial charge in [-0.15, -0.1) is 0 Å². The molecule has 4 aromatic rings. The van der Waals surface area contributed by atoms with Crippen LogP contribution in [0.3, 0.4) is 0 Å². The second-order valence-electron chi connectivity index (χ2n) is 7.18. The largest absolute Gasteiger partial charge is 0.467 e. The van der Waals surface area contributed by atoms with E-state index in [2.05, 4.69) is 0 Å². The summed E-state index contributed by atoms with van der Waals surface area (Å²) in [6.45, 7) is 0.494. The molecule has 1 aliphatic rings. The van der Waals surface area contributed by atoms with E-state index >= 15 is 0 Å². The number of carbonyl (C=O) groups excluding carboxylic acids is 1. The number of aromatic nitrogens is 1. The highest BCUT2D eigenvalue weighted by Gasteiger charge is 2.34. The molecule has 1 amide bonds. The summed E-state index contributed by atoms with van der Waals surface area (Å²) in [5.74, 6) is 0.844. The molecule has 1 aliphatic carbocycles. The highest BCUT2D eigenvalue weighted by Crippen LogP contribution is 2.32. The van der Waals surface area contributed by atoms with Crippen molar-refractivity contribution in [3.05, 3.63) is 90.4 Å². The molecule has 1 saturated carbocycles. The predicted octanol–water partition coefficient (Wildman–Crippen LogP) is 5.30. The van der Waals surface area contributed by atoms with Crippen LogP contribution in [0.15, 0.2) is 83.5 Å². The first kappa shape index (κ1) is 16.8. The van der Waals surface area contributed by atoms with Gasteiger partial charge in [0.1, 0.15) is 5.76 Å². The molecule has 1 fully saturated rings. The van der Waals surface area contributed by atoms with Crippen molar-refractivity contribution in [3.63, 3.8) is 0 Å². The number of furan rings is 1. The van der Waals surface area contributed by atoms with E-state index in [1.54, 1.807) is 6.26 Å². The standard InChI is InChI=1S/C24H20N2O2/c27-24(26(18-12-13-18)16-19-9-6-14-28-19)21-15-23(17-7-2-1-3-8-17)25-22-11-5-4-10-20(21)22/h1-11,14-15,18H,12-13,16H2. The van der Waals surface area contributed by atoms with Crippen LogP contribution in [0.1, 0.15) is 29.0 Å². The quantitative estimate of drug-likeness (QED) is 0.480. The fourth-order valence-corrected chi connectivity index (χ4v) is 3.59. The minimum Gasteiger partial charge on any atom is -0.467 e. The van der Waals surface area contributed by atoms with Crippen molar-refractivity contribution in [2.24, 2.45) is 0 Å². The third-order valence-corrected chi connectivity index (χ3v) is 5.17. The molecule has 0 aliphatic heterocycles. The summed E-state index contributed by atoms with van der Waals surface area (Å²) in [7, 11) is 0. The van der Waals surface area contributed by atoms with Gasteiger partial charge in [0, 0.05) is 17.0 Å². The van der Waals surface area contributed by atoms with E-state index in [1.165, 1.54) is 0 Å². The average Bonchev–Trinajstić information content (AvgIpc) is 3.46. The fourth-order valence-electron chi connectivity index (χ4n) is 3.59. The van der Waals surface area contributed by atoms with Crippen LogP contribution in [0.25, 0.3) is 22.2 Å². The highest BCUT2D eigenvalue weighted by molar-refractivity contribution is 6.07. The summed E-state index contributed by atoms with van der Waals surface area (Å²) >= 11 is 0. The van der Waals surface area contributed by atoms with E-state index in [-0.39, 0.29) is 11.9 Å². The van der Waals surface area contributed by atoms with Crippen LogP contribution in [-0.4, -0.2) is 21.8 Å². The number of para-hydroxylation sites is 1. The van der Waals surface area contributed by atoms with Gasteiger partial charge in [0.15, 0.2) is 0 Å². The third-order valence-electron chi connectivity index (χ3n) is 5.17. The monoisotopic (exact) mass is 368 g/mol. The van der Waals surface area contributed by atoms with Gasteiger partial charge >= 0.3 is 0 Å². The molecule has 0 atom stereocenters. The SMILES string of the molecule is O=C(c1cc(-c2ccccc2)nc2ccccc12)N(Cc1ccco1)C1CC1. The van der Waals surface area contributed by atoms with Gasteiger partial charge in [-0.3, -0.25) is 4.79 Å². The van der Waals surface area contributed by atoms with Crippen LogP contribution in [0.5, 0.6) is 0 Å². The third kappa shape index (κ3) is 3.18. The van der Waals surface area contributed by atoms with E-state index in [0.717, 1.165) is 40.8 Å². The Bertz CT molecular complexity index is 1120. The van der Waals surface area contributed by atoms with E-state index in [9.17, 15) is 4.79 Å². The Morgan fingerprint density at radius 2 is 1.79 bits per heavy atom. The van der Waals surface area contributed by atoms with Crippen LogP contribution >= 0.6 is 0 Å². The predicted molar refractivity (Wildman–Crippen MR) is 109 cm³/mol. The van der Waals surface area contributed by atoms with Gasteiger partial charge in [0.2, 0.25) is 0 Å². The lowest BCUT2D eigenvalue weighted by molar-refractivity contribution is 0.0719. The van der Waals surface area contributed by atoms with Gasteiger partial charge in [0.05, 0.1) is 29.6 Å². The molecule has 2 aromatic carbocycles. The molecule has 0 radical (unpaired) electrons. The summed E-state index contributed by atoms with van der Waals surface area (Å²) in [6.07, 6.45) is 3.74. The van der Waals surface area contributed by atoms with Crippen molar-refractivity contribution in [1.29, 1.82) is 0 Å². The molecule has 0 spiro atoms. The lowest BCUT2D eigenvalue weighted by Crippen LogP contribution is -2.32. The molecule has 5 rings (SSSR count). The van der Waals surface area contributed by atoms with Crippen LogP contribution in [0.4, 0.5) is 0 Å². The number of nitrogens with zero attached hydrogens (tertiary/aromatic N) is 2. The maximum Gasteiger partial charge on any atom is 0.255 e. The molecule has 28 heavy (non-hydrogen) atoms. The molecule has 2 aromatic heterocycles. The van der Waals surface area contributed by atoms with E-state index < -0.39 is 0 Å². The van der Waals surface area contributed by atoms with Gasteiger partial charge in [-0.1, -0.05) is 48.5 Å². The summed E-state index contributed by atoms with van der Waals surface area (Å²) in [6, 6.07) is 23.8. The van der Waals surface area contributed by atoms with E-state index in [0.29, 0.717) is 12.1 Å². The van der Waals surface area contributed by atoms with Crippen molar-refractivity contribution in [3.8, 4) is 11.3 Å². The second-order valence-corrected chi connectivity index (χ2v) is 7.18. The minimum absolute atomic E-state index is 0.0367.